The molecule has 12 atom stereocenters. The largest absolute Gasteiger partial charge is 0.457 e. The first-order valence-corrected chi connectivity index (χ1v) is 11.0. The van der Waals surface area contributed by atoms with Crippen LogP contribution in [-0.4, -0.2) is 70.6 Å². The van der Waals surface area contributed by atoms with Crippen molar-refractivity contribution in [2.75, 3.05) is 7.11 Å². The summed E-state index contributed by atoms with van der Waals surface area (Å²) in [5.74, 6) is -1.63. The summed E-state index contributed by atoms with van der Waals surface area (Å²) in [5.41, 5.74) is 0.0851. The average Bonchev–Trinajstić information content (AvgIpc) is 2.91. The van der Waals surface area contributed by atoms with Gasteiger partial charge in [0.1, 0.15) is 11.7 Å². The van der Waals surface area contributed by atoms with E-state index in [1.54, 1.807) is 6.92 Å². The molecular weight excluding hydrogens is 388 g/mol. The van der Waals surface area contributed by atoms with E-state index in [0.717, 1.165) is 5.57 Å². The third kappa shape index (κ3) is 3.01. The van der Waals surface area contributed by atoms with Gasteiger partial charge < -0.3 is 29.5 Å². The van der Waals surface area contributed by atoms with Crippen LogP contribution < -0.4 is 0 Å². The van der Waals surface area contributed by atoms with E-state index in [1.165, 1.54) is 7.11 Å². The first-order valence-electron chi connectivity index (χ1n) is 11.0. The summed E-state index contributed by atoms with van der Waals surface area (Å²) in [7, 11) is 1.47. The highest BCUT2D eigenvalue weighted by molar-refractivity contribution is 5.75. The van der Waals surface area contributed by atoms with Gasteiger partial charge in [0.15, 0.2) is 6.10 Å². The molecule has 2 aliphatic heterocycles. The van der Waals surface area contributed by atoms with E-state index in [4.69, 9.17) is 14.2 Å². The van der Waals surface area contributed by atoms with Crippen LogP contribution in [0.5, 0.6) is 0 Å². The Morgan fingerprint density at radius 2 is 1.93 bits per heavy atom. The Hall–Kier alpha value is -1.25. The Kier molecular flexibility index (Phi) is 5.64. The van der Waals surface area contributed by atoms with Gasteiger partial charge in [-0.05, 0) is 25.8 Å². The van der Waals surface area contributed by atoms with Crippen molar-refractivity contribution >= 4 is 5.97 Å². The number of hydrogen-bond donors (Lipinski definition) is 3. The Balaban J connectivity index is 1.86. The van der Waals surface area contributed by atoms with Gasteiger partial charge in [-0.2, -0.15) is 0 Å². The molecule has 168 valence electrons. The van der Waals surface area contributed by atoms with E-state index in [0.29, 0.717) is 6.42 Å². The molecule has 0 aromatic carbocycles. The smallest absolute Gasteiger partial charge is 0.335 e. The first-order chi connectivity index (χ1) is 14.1. The average molecular weight is 423 g/mol. The standard InChI is InChI=1S/C23H34O7/c1-10-8-11(2)23-14(9-16(28-5)22(27)29-20(10)13(4)24)6-7-15-17(23)18(25)12(3)19(26)21(15)30-23/h6-8,10,12-21,24-26H,9H2,1-5H3/b11-8+/t10-,12-,13+,14-,15-,16-,17+,18-,19-,20+,21-,23+/m1/s1. The minimum Gasteiger partial charge on any atom is -0.457 e. The topological polar surface area (TPSA) is 105 Å². The second-order valence-corrected chi connectivity index (χ2v) is 9.62. The number of aliphatic hydroxyl groups is 3. The molecule has 7 heteroatoms. The van der Waals surface area contributed by atoms with Crippen molar-refractivity contribution in [3.05, 3.63) is 23.8 Å². The second-order valence-electron chi connectivity index (χ2n) is 9.62. The fourth-order valence-corrected chi connectivity index (χ4v) is 6.34. The van der Waals surface area contributed by atoms with E-state index >= 15 is 0 Å². The molecule has 0 radical (unpaired) electrons. The van der Waals surface area contributed by atoms with E-state index in [1.807, 2.05) is 39.0 Å². The third-order valence-corrected chi connectivity index (χ3v) is 7.91. The molecule has 1 spiro atoms. The normalized spacial score (nSPS) is 53.3. The maximum Gasteiger partial charge on any atom is 0.335 e. The summed E-state index contributed by atoms with van der Waals surface area (Å²) in [6.07, 6.45) is 2.09. The van der Waals surface area contributed by atoms with Crippen LogP contribution in [0.3, 0.4) is 0 Å². The summed E-state index contributed by atoms with van der Waals surface area (Å²) in [5, 5.41) is 32.3. The molecule has 1 saturated heterocycles. The zero-order valence-corrected chi connectivity index (χ0v) is 18.3. The van der Waals surface area contributed by atoms with Gasteiger partial charge in [0.05, 0.1) is 24.4 Å². The molecule has 7 nitrogen and oxygen atoms in total. The summed E-state index contributed by atoms with van der Waals surface area (Å²) in [6.45, 7) is 7.34. The van der Waals surface area contributed by atoms with E-state index in [9.17, 15) is 20.1 Å². The monoisotopic (exact) mass is 422 g/mol. The predicted octanol–water partition coefficient (Wildman–Crippen LogP) is 1.21. The SMILES string of the molecule is CO[C@@H]1C[C@H]2C=C[C@H]3[C@H]4O[C@]2(/C(C)=C/[C@@H](C)[C@@H]([C@H](C)O)OC1=O)[C@@H]3[C@H](O)[C@@H](C)[C@H]4O. The van der Waals surface area contributed by atoms with Crippen molar-refractivity contribution in [3.8, 4) is 0 Å². The fraction of sp³-hybridized carbons (Fsp3) is 0.783. The summed E-state index contributed by atoms with van der Waals surface area (Å²) >= 11 is 0. The number of carbonyl (C=O) groups excluding carboxylic acids is 1. The predicted molar refractivity (Wildman–Crippen MR) is 108 cm³/mol. The van der Waals surface area contributed by atoms with Crippen LogP contribution in [0.2, 0.25) is 0 Å². The zero-order chi connectivity index (χ0) is 22.0. The first kappa shape index (κ1) is 22.0. The molecule has 4 rings (SSSR count). The van der Waals surface area contributed by atoms with Crippen LogP contribution in [0.4, 0.5) is 0 Å². The van der Waals surface area contributed by atoms with Crippen molar-refractivity contribution < 1.29 is 34.3 Å². The molecule has 2 fully saturated rings. The Morgan fingerprint density at radius 1 is 1.23 bits per heavy atom. The van der Waals surface area contributed by atoms with Gasteiger partial charge in [0.2, 0.25) is 0 Å². The molecule has 4 bridgehead atoms. The lowest BCUT2D eigenvalue weighted by Gasteiger charge is -2.48. The van der Waals surface area contributed by atoms with Gasteiger partial charge in [-0.15, -0.1) is 0 Å². The Bertz CT molecular complexity index is 746. The molecule has 3 N–H and O–H groups in total. The van der Waals surface area contributed by atoms with Crippen LogP contribution in [0.15, 0.2) is 23.8 Å². The van der Waals surface area contributed by atoms with Crippen molar-refractivity contribution in [1.29, 1.82) is 0 Å². The lowest BCUT2D eigenvalue weighted by atomic mass is 9.57. The highest BCUT2D eigenvalue weighted by Crippen LogP contribution is 2.60. The minimum atomic E-state index is -0.853. The number of esters is 1. The molecule has 4 aliphatic rings. The van der Waals surface area contributed by atoms with Crippen LogP contribution in [0.25, 0.3) is 0 Å². The van der Waals surface area contributed by atoms with Crippen molar-refractivity contribution in [3.63, 3.8) is 0 Å². The number of cyclic esters (lactones) is 1. The van der Waals surface area contributed by atoms with Crippen LogP contribution in [0, 0.1) is 29.6 Å². The third-order valence-electron chi connectivity index (χ3n) is 7.91. The number of rotatable bonds is 2. The van der Waals surface area contributed by atoms with Gasteiger partial charge in [0.25, 0.3) is 0 Å². The summed E-state index contributed by atoms with van der Waals surface area (Å²) in [4.78, 5) is 12.8. The fourth-order valence-electron chi connectivity index (χ4n) is 6.34. The Labute approximate surface area is 177 Å². The summed E-state index contributed by atoms with van der Waals surface area (Å²) < 4.78 is 17.8. The van der Waals surface area contributed by atoms with Crippen LogP contribution >= 0.6 is 0 Å². The number of carbonyl (C=O) groups is 1. The molecule has 0 aromatic rings. The second kappa shape index (κ2) is 7.71. The highest BCUT2D eigenvalue weighted by atomic mass is 16.6. The number of hydrogen-bond acceptors (Lipinski definition) is 7. The van der Waals surface area contributed by atoms with Crippen molar-refractivity contribution in [2.24, 2.45) is 29.6 Å². The molecule has 30 heavy (non-hydrogen) atoms. The van der Waals surface area contributed by atoms with Crippen molar-refractivity contribution in [1.82, 2.24) is 0 Å². The van der Waals surface area contributed by atoms with E-state index < -0.39 is 48.2 Å². The maximum absolute atomic E-state index is 12.8. The molecule has 2 heterocycles. The zero-order valence-electron chi connectivity index (χ0n) is 18.3. The van der Waals surface area contributed by atoms with E-state index in [-0.39, 0.29) is 29.6 Å². The van der Waals surface area contributed by atoms with Gasteiger partial charge in [-0.1, -0.05) is 32.1 Å². The number of ether oxygens (including phenoxy) is 3. The molecule has 0 aromatic heterocycles. The maximum atomic E-state index is 12.8. The Morgan fingerprint density at radius 3 is 2.57 bits per heavy atom. The highest BCUT2D eigenvalue weighted by Gasteiger charge is 2.68. The van der Waals surface area contributed by atoms with Crippen molar-refractivity contribution in [2.45, 2.75) is 76.3 Å². The van der Waals surface area contributed by atoms with Gasteiger partial charge in [-0.3, -0.25) is 0 Å². The molecule has 1 saturated carbocycles. The quantitative estimate of drug-likeness (QED) is 0.454. The lowest BCUT2D eigenvalue weighted by Crippen LogP contribution is -2.56. The van der Waals surface area contributed by atoms with Gasteiger partial charge in [0, 0.05) is 36.7 Å². The minimum absolute atomic E-state index is 0.0930. The number of methoxy groups -OCH3 is 1. The van der Waals surface area contributed by atoms with Gasteiger partial charge in [-0.25, -0.2) is 4.79 Å². The molecule has 0 amide bonds. The number of aliphatic hydroxyl groups excluding tert-OH is 3. The lowest BCUT2D eigenvalue weighted by molar-refractivity contribution is -0.172. The summed E-state index contributed by atoms with van der Waals surface area (Å²) in [6, 6.07) is 0. The molecule has 2 aliphatic carbocycles. The van der Waals surface area contributed by atoms with Gasteiger partial charge >= 0.3 is 5.97 Å². The van der Waals surface area contributed by atoms with Crippen LogP contribution in [-0.2, 0) is 19.0 Å². The van der Waals surface area contributed by atoms with E-state index in [2.05, 4.69) is 0 Å². The molecule has 0 unspecified atom stereocenters. The molecular formula is C23H34O7. The van der Waals surface area contributed by atoms with Crippen LogP contribution in [0.1, 0.15) is 34.1 Å².